The Labute approximate surface area is 202 Å². The zero-order chi connectivity index (χ0) is 21.0. The van der Waals surface area contributed by atoms with Crippen molar-refractivity contribution in [2.45, 2.75) is 52.1 Å². The third-order valence-corrected chi connectivity index (χ3v) is 5.25. The number of guanidine groups is 1. The molecule has 170 valence electrons. The van der Waals surface area contributed by atoms with Crippen LogP contribution < -0.4 is 10.6 Å². The van der Waals surface area contributed by atoms with Crippen LogP contribution in [0.4, 0.5) is 0 Å². The van der Waals surface area contributed by atoms with Crippen LogP contribution in [0, 0.1) is 0 Å². The number of rotatable bonds is 9. The number of carbonyl (C=O) groups is 1. The molecule has 0 atom stereocenters. The number of aliphatic imine (C=N–C) groups is 1. The lowest BCUT2D eigenvalue weighted by molar-refractivity contribution is -0.130. The summed E-state index contributed by atoms with van der Waals surface area (Å²) in [6, 6.07) is 8.50. The summed E-state index contributed by atoms with van der Waals surface area (Å²) in [5, 5.41) is 6.71. The van der Waals surface area contributed by atoms with Crippen molar-refractivity contribution >= 4 is 35.8 Å². The van der Waals surface area contributed by atoms with Crippen LogP contribution in [0.3, 0.4) is 0 Å². The number of hydrogen-bond acceptors (Lipinski definition) is 3. The van der Waals surface area contributed by atoms with Crippen molar-refractivity contribution in [2.75, 3.05) is 26.2 Å². The number of hydrogen-bond donors (Lipinski definition) is 2. The van der Waals surface area contributed by atoms with Crippen LogP contribution in [0.5, 0.6) is 0 Å². The molecule has 31 heavy (non-hydrogen) atoms. The van der Waals surface area contributed by atoms with Gasteiger partial charge in [-0.25, -0.2) is 9.98 Å². The summed E-state index contributed by atoms with van der Waals surface area (Å²) in [5.41, 5.74) is 2.42. The van der Waals surface area contributed by atoms with Gasteiger partial charge in [-0.2, -0.15) is 0 Å². The molecule has 0 saturated carbocycles. The van der Waals surface area contributed by atoms with Crippen LogP contribution in [0.15, 0.2) is 48.0 Å². The minimum absolute atomic E-state index is 0. The second-order valence-corrected chi connectivity index (χ2v) is 7.72. The van der Waals surface area contributed by atoms with Crippen LogP contribution in [-0.2, 0) is 17.9 Å². The van der Waals surface area contributed by atoms with Gasteiger partial charge in [-0.3, -0.25) is 4.79 Å². The minimum atomic E-state index is 0. The van der Waals surface area contributed by atoms with Crippen LogP contribution in [0.2, 0.25) is 0 Å². The van der Waals surface area contributed by atoms with Gasteiger partial charge in [0.1, 0.15) is 0 Å². The average Bonchev–Trinajstić information content (AvgIpc) is 3.17. The molecule has 0 unspecified atom stereocenters. The summed E-state index contributed by atoms with van der Waals surface area (Å²) in [5.74, 6) is 1.13. The minimum Gasteiger partial charge on any atom is -0.357 e. The molecule has 8 heteroatoms. The fourth-order valence-corrected chi connectivity index (χ4v) is 3.68. The van der Waals surface area contributed by atoms with Gasteiger partial charge in [-0.15, -0.1) is 24.0 Å². The third-order valence-electron chi connectivity index (χ3n) is 5.25. The Kier molecular flexibility index (Phi) is 11.4. The summed E-state index contributed by atoms with van der Waals surface area (Å²) in [7, 11) is 0. The van der Waals surface area contributed by atoms with E-state index in [1.54, 1.807) is 6.20 Å². The predicted molar refractivity (Wildman–Crippen MR) is 136 cm³/mol. The predicted octanol–water partition coefficient (Wildman–Crippen LogP) is 3.40. The van der Waals surface area contributed by atoms with E-state index in [1.807, 2.05) is 17.4 Å². The van der Waals surface area contributed by atoms with E-state index < -0.39 is 0 Å². The molecule has 0 radical (unpaired) electrons. The van der Waals surface area contributed by atoms with E-state index in [1.165, 1.54) is 17.5 Å². The lowest BCUT2D eigenvalue weighted by Gasteiger charge is -2.20. The first-order valence-electron chi connectivity index (χ1n) is 11.1. The Hall–Kier alpha value is -2.10. The van der Waals surface area contributed by atoms with Crippen molar-refractivity contribution in [1.29, 1.82) is 0 Å². The van der Waals surface area contributed by atoms with Crippen LogP contribution in [0.1, 0.15) is 50.2 Å². The Balaban J connectivity index is 0.00000341. The Morgan fingerprint density at radius 2 is 2.06 bits per heavy atom. The van der Waals surface area contributed by atoms with Crippen molar-refractivity contribution in [1.82, 2.24) is 25.1 Å². The summed E-state index contributed by atoms with van der Waals surface area (Å²) < 4.78 is 2.06. The molecule has 1 saturated heterocycles. The summed E-state index contributed by atoms with van der Waals surface area (Å²) in [6.45, 7) is 6.85. The topological polar surface area (TPSA) is 74.6 Å². The molecular formula is C23H35IN6O. The largest absolute Gasteiger partial charge is 0.357 e. The lowest BCUT2D eigenvalue weighted by Crippen LogP contribution is -2.39. The number of nitrogens with zero attached hydrogens (tertiary/aromatic N) is 4. The van der Waals surface area contributed by atoms with Gasteiger partial charge in [-0.05, 0) is 37.3 Å². The molecule has 0 aliphatic carbocycles. The Bertz CT molecular complexity index is 808. The van der Waals surface area contributed by atoms with Gasteiger partial charge in [0.25, 0.3) is 0 Å². The molecule has 2 aromatic rings. The molecule has 0 spiro atoms. The molecule has 2 heterocycles. The summed E-state index contributed by atoms with van der Waals surface area (Å²) >= 11 is 0. The van der Waals surface area contributed by atoms with Crippen molar-refractivity contribution in [3.8, 4) is 0 Å². The number of likely N-dealkylation sites (tertiary alicyclic amines) is 1. The zero-order valence-corrected chi connectivity index (χ0v) is 20.8. The van der Waals surface area contributed by atoms with Gasteiger partial charge in [0.2, 0.25) is 5.91 Å². The van der Waals surface area contributed by atoms with E-state index >= 15 is 0 Å². The number of benzene rings is 1. The fourth-order valence-electron chi connectivity index (χ4n) is 3.68. The number of carbonyl (C=O) groups excluding carboxylic acids is 1. The standard InChI is InChI=1S/C23H34N6O.HI/c1-2-25-23(26-11-7-14-29-13-5-3-4-10-22(29)30)27-17-20-8-6-9-21(16-20)18-28-15-12-24-19-28;/h6,8-9,12,15-16,19H,2-5,7,10-11,13-14,17-18H2,1H3,(H2,25,26,27);1H. The maximum absolute atomic E-state index is 12.1. The highest BCUT2D eigenvalue weighted by atomic mass is 127. The molecule has 1 aliphatic heterocycles. The fraction of sp³-hybridized carbons (Fsp3) is 0.522. The van der Waals surface area contributed by atoms with Gasteiger partial charge >= 0.3 is 0 Å². The Morgan fingerprint density at radius 1 is 1.19 bits per heavy atom. The van der Waals surface area contributed by atoms with Crippen LogP contribution in [-0.4, -0.2) is 52.5 Å². The number of imidazole rings is 1. The normalized spacial score (nSPS) is 14.7. The zero-order valence-electron chi connectivity index (χ0n) is 18.4. The quantitative estimate of drug-likeness (QED) is 0.222. The second kappa shape index (κ2) is 14.1. The molecule has 1 fully saturated rings. The van der Waals surface area contributed by atoms with E-state index in [9.17, 15) is 4.79 Å². The van der Waals surface area contributed by atoms with Gasteiger partial charge < -0.3 is 20.1 Å². The van der Waals surface area contributed by atoms with E-state index in [0.29, 0.717) is 18.9 Å². The second-order valence-electron chi connectivity index (χ2n) is 7.72. The molecule has 2 N–H and O–H groups in total. The smallest absolute Gasteiger partial charge is 0.222 e. The first-order valence-corrected chi connectivity index (χ1v) is 11.1. The highest BCUT2D eigenvalue weighted by molar-refractivity contribution is 14.0. The number of nitrogens with one attached hydrogen (secondary N) is 2. The Morgan fingerprint density at radius 3 is 2.87 bits per heavy atom. The first-order chi connectivity index (χ1) is 14.7. The third kappa shape index (κ3) is 8.88. The van der Waals surface area contributed by atoms with E-state index in [0.717, 1.165) is 57.9 Å². The van der Waals surface area contributed by atoms with Gasteiger partial charge in [0, 0.05) is 51.5 Å². The van der Waals surface area contributed by atoms with Crippen molar-refractivity contribution in [3.63, 3.8) is 0 Å². The molecule has 1 aromatic carbocycles. The first kappa shape index (κ1) is 25.2. The molecule has 0 bridgehead atoms. The SMILES string of the molecule is CCNC(=NCc1cccc(Cn2ccnc2)c1)NCCCN1CCCCCC1=O.I. The number of amides is 1. The van der Waals surface area contributed by atoms with E-state index in [2.05, 4.69) is 51.4 Å². The van der Waals surface area contributed by atoms with Gasteiger partial charge in [0.05, 0.1) is 12.9 Å². The average molecular weight is 538 g/mol. The summed E-state index contributed by atoms with van der Waals surface area (Å²) in [6.07, 6.45) is 10.6. The highest BCUT2D eigenvalue weighted by Gasteiger charge is 2.15. The lowest BCUT2D eigenvalue weighted by atomic mass is 10.1. The maximum Gasteiger partial charge on any atom is 0.222 e. The molecule has 1 amide bonds. The maximum atomic E-state index is 12.1. The van der Waals surface area contributed by atoms with Crippen LogP contribution >= 0.6 is 24.0 Å². The molecular weight excluding hydrogens is 503 g/mol. The van der Waals surface area contributed by atoms with E-state index in [-0.39, 0.29) is 24.0 Å². The van der Waals surface area contributed by atoms with Gasteiger partial charge in [-0.1, -0.05) is 30.7 Å². The summed E-state index contributed by atoms with van der Waals surface area (Å²) in [4.78, 5) is 22.9. The van der Waals surface area contributed by atoms with Crippen molar-refractivity contribution in [3.05, 3.63) is 54.1 Å². The molecule has 3 rings (SSSR count). The molecule has 7 nitrogen and oxygen atoms in total. The number of aromatic nitrogens is 2. The number of halogens is 1. The highest BCUT2D eigenvalue weighted by Crippen LogP contribution is 2.11. The molecule has 1 aliphatic rings. The van der Waals surface area contributed by atoms with Crippen molar-refractivity contribution < 1.29 is 4.79 Å². The monoisotopic (exact) mass is 538 g/mol. The molecule has 1 aromatic heterocycles. The van der Waals surface area contributed by atoms with Gasteiger partial charge in [0.15, 0.2) is 5.96 Å². The van der Waals surface area contributed by atoms with E-state index in [4.69, 9.17) is 4.99 Å². The van der Waals surface area contributed by atoms with Crippen molar-refractivity contribution in [2.24, 2.45) is 4.99 Å². The van der Waals surface area contributed by atoms with Crippen LogP contribution in [0.25, 0.3) is 0 Å².